The summed E-state index contributed by atoms with van der Waals surface area (Å²) in [6, 6.07) is 10.2. The van der Waals surface area contributed by atoms with Crippen molar-refractivity contribution in [1.82, 2.24) is 14.6 Å². The maximum Gasteiger partial charge on any atom is 0.311 e. The molecule has 1 aliphatic rings. The highest BCUT2D eigenvalue weighted by Gasteiger charge is 2.30. The minimum absolute atomic E-state index is 0.0972. The molecule has 1 fully saturated rings. The van der Waals surface area contributed by atoms with E-state index in [1.54, 1.807) is 25.3 Å². The summed E-state index contributed by atoms with van der Waals surface area (Å²) in [5.41, 5.74) is 0.870. The molecule has 0 radical (unpaired) electrons. The van der Waals surface area contributed by atoms with Gasteiger partial charge in [-0.25, -0.2) is 0 Å². The van der Waals surface area contributed by atoms with Gasteiger partial charge in [0.25, 0.3) is 0 Å². The molecule has 3 aromatic rings. The lowest BCUT2D eigenvalue weighted by Gasteiger charge is -2.31. The summed E-state index contributed by atoms with van der Waals surface area (Å²) in [7, 11) is 0. The van der Waals surface area contributed by atoms with Gasteiger partial charge in [-0.2, -0.15) is 4.98 Å². The quantitative estimate of drug-likeness (QED) is 0.295. The van der Waals surface area contributed by atoms with Gasteiger partial charge in [0.2, 0.25) is 11.7 Å². The second kappa shape index (κ2) is 9.69. The van der Waals surface area contributed by atoms with E-state index in [0.717, 1.165) is 10.4 Å². The Morgan fingerprint density at radius 2 is 1.97 bits per heavy atom. The summed E-state index contributed by atoms with van der Waals surface area (Å²) >= 11 is 1.30. The maximum absolute atomic E-state index is 12.0. The number of pyridine rings is 1. The molecule has 3 heterocycles. The summed E-state index contributed by atoms with van der Waals surface area (Å²) in [6.45, 7) is 3.06. The average Bonchev–Trinajstić information content (AvgIpc) is 3.35. The third-order valence-electron chi connectivity index (χ3n) is 5.16. The van der Waals surface area contributed by atoms with Crippen LogP contribution >= 0.6 is 11.5 Å². The van der Waals surface area contributed by atoms with Crippen LogP contribution in [0.25, 0.3) is 10.4 Å². The SMILES string of the molecule is CCOC(=O)C1CCN(c2nc(Oc3ccc(-c4cnns4)cc3)ccc2[N+](=O)[O-])CC1. The van der Waals surface area contributed by atoms with Gasteiger partial charge in [0, 0.05) is 25.2 Å². The molecule has 0 bridgehead atoms. The molecule has 2 aromatic heterocycles. The number of hydrogen-bond donors (Lipinski definition) is 0. The molecule has 32 heavy (non-hydrogen) atoms. The Labute approximate surface area is 188 Å². The van der Waals surface area contributed by atoms with Crippen LogP contribution in [0.4, 0.5) is 11.5 Å². The molecule has 4 rings (SSSR count). The molecule has 0 N–H and O–H groups in total. The third-order valence-corrected chi connectivity index (χ3v) is 5.88. The summed E-state index contributed by atoms with van der Waals surface area (Å²) in [5, 5.41) is 15.4. The number of carbonyl (C=O) groups excluding carboxylic acids is 1. The second-order valence-electron chi connectivity index (χ2n) is 7.17. The first-order chi connectivity index (χ1) is 15.5. The van der Waals surface area contributed by atoms with Gasteiger partial charge in [0.05, 0.1) is 28.5 Å². The minimum Gasteiger partial charge on any atom is -0.466 e. The van der Waals surface area contributed by atoms with Crippen molar-refractivity contribution in [1.29, 1.82) is 0 Å². The normalized spacial score (nSPS) is 14.2. The number of piperidine rings is 1. The van der Waals surface area contributed by atoms with Gasteiger partial charge in [-0.1, -0.05) is 4.49 Å². The van der Waals surface area contributed by atoms with Crippen LogP contribution in [0.2, 0.25) is 0 Å². The highest BCUT2D eigenvalue weighted by atomic mass is 32.1. The molecule has 0 saturated carbocycles. The molecule has 0 atom stereocenters. The van der Waals surface area contributed by atoms with Crippen molar-refractivity contribution in [3.8, 4) is 22.1 Å². The standard InChI is InChI=1S/C21H21N5O5S/c1-2-30-21(27)15-9-11-25(12-10-15)20-17(26(28)29)7-8-19(23-20)31-16-5-3-14(4-6-16)18-13-22-24-32-18/h3-8,13,15H,2,9-12H2,1H3. The van der Waals surface area contributed by atoms with E-state index in [2.05, 4.69) is 14.6 Å². The summed E-state index contributed by atoms with van der Waals surface area (Å²) in [6.07, 6.45) is 2.79. The van der Waals surface area contributed by atoms with Gasteiger partial charge in [-0.15, -0.1) is 5.10 Å². The van der Waals surface area contributed by atoms with E-state index >= 15 is 0 Å². The maximum atomic E-state index is 12.0. The molecule has 0 unspecified atom stereocenters. The number of anilines is 1. The molecule has 1 saturated heterocycles. The fourth-order valence-electron chi connectivity index (χ4n) is 3.55. The Morgan fingerprint density at radius 3 is 2.59 bits per heavy atom. The molecule has 0 aliphatic carbocycles. The van der Waals surface area contributed by atoms with E-state index in [9.17, 15) is 14.9 Å². The van der Waals surface area contributed by atoms with Gasteiger partial charge in [0.1, 0.15) is 5.75 Å². The van der Waals surface area contributed by atoms with Gasteiger partial charge in [-0.05, 0) is 61.1 Å². The zero-order valence-electron chi connectivity index (χ0n) is 17.3. The van der Waals surface area contributed by atoms with E-state index in [1.807, 2.05) is 17.0 Å². The van der Waals surface area contributed by atoms with Gasteiger partial charge in [-0.3, -0.25) is 14.9 Å². The molecule has 1 aliphatic heterocycles. The van der Waals surface area contributed by atoms with Crippen molar-refractivity contribution >= 4 is 29.0 Å². The fraction of sp³-hybridized carbons (Fsp3) is 0.333. The third kappa shape index (κ3) is 4.83. The van der Waals surface area contributed by atoms with Crippen molar-refractivity contribution < 1.29 is 19.2 Å². The van der Waals surface area contributed by atoms with Crippen molar-refractivity contribution in [2.24, 2.45) is 5.92 Å². The molecule has 166 valence electrons. The molecule has 0 amide bonds. The number of ether oxygens (including phenoxy) is 2. The van der Waals surface area contributed by atoms with Crippen LogP contribution in [0.15, 0.2) is 42.6 Å². The molecular weight excluding hydrogens is 434 g/mol. The van der Waals surface area contributed by atoms with Crippen LogP contribution < -0.4 is 9.64 Å². The van der Waals surface area contributed by atoms with Crippen LogP contribution in [0.1, 0.15) is 19.8 Å². The molecule has 1 aromatic carbocycles. The predicted octanol–water partition coefficient (Wildman–Crippen LogP) is 4.08. The minimum atomic E-state index is -0.457. The summed E-state index contributed by atoms with van der Waals surface area (Å²) in [4.78, 5) is 30.3. The van der Waals surface area contributed by atoms with E-state index in [0.29, 0.717) is 38.3 Å². The van der Waals surface area contributed by atoms with Gasteiger partial charge >= 0.3 is 11.7 Å². The first-order valence-electron chi connectivity index (χ1n) is 10.2. The highest BCUT2D eigenvalue weighted by Crippen LogP contribution is 2.33. The lowest BCUT2D eigenvalue weighted by molar-refractivity contribution is -0.384. The number of nitrogens with zero attached hydrogens (tertiary/aromatic N) is 5. The monoisotopic (exact) mass is 455 g/mol. The molecule has 10 nitrogen and oxygen atoms in total. The van der Waals surface area contributed by atoms with Crippen LogP contribution in [0, 0.1) is 16.0 Å². The van der Waals surface area contributed by atoms with E-state index in [-0.39, 0.29) is 29.3 Å². The highest BCUT2D eigenvalue weighted by molar-refractivity contribution is 7.09. The van der Waals surface area contributed by atoms with E-state index in [1.165, 1.54) is 23.7 Å². The van der Waals surface area contributed by atoms with E-state index < -0.39 is 4.92 Å². The zero-order chi connectivity index (χ0) is 22.5. The van der Waals surface area contributed by atoms with Gasteiger partial charge in [0.15, 0.2) is 0 Å². The zero-order valence-corrected chi connectivity index (χ0v) is 18.2. The number of rotatable bonds is 7. The number of esters is 1. The van der Waals surface area contributed by atoms with Crippen molar-refractivity contribution in [2.75, 3.05) is 24.6 Å². The second-order valence-corrected chi connectivity index (χ2v) is 7.96. The van der Waals surface area contributed by atoms with Crippen LogP contribution in [-0.4, -0.2) is 45.2 Å². The van der Waals surface area contributed by atoms with Crippen molar-refractivity contribution in [2.45, 2.75) is 19.8 Å². The average molecular weight is 455 g/mol. The smallest absolute Gasteiger partial charge is 0.311 e. The Morgan fingerprint density at radius 1 is 1.22 bits per heavy atom. The first-order valence-corrected chi connectivity index (χ1v) is 10.9. The number of aromatic nitrogens is 3. The van der Waals surface area contributed by atoms with Gasteiger partial charge < -0.3 is 14.4 Å². The lowest BCUT2D eigenvalue weighted by atomic mass is 9.97. The van der Waals surface area contributed by atoms with Crippen LogP contribution in [0.5, 0.6) is 11.6 Å². The van der Waals surface area contributed by atoms with Crippen molar-refractivity contribution in [3.63, 3.8) is 0 Å². The van der Waals surface area contributed by atoms with Crippen LogP contribution in [-0.2, 0) is 9.53 Å². The van der Waals surface area contributed by atoms with Crippen molar-refractivity contribution in [3.05, 3.63) is 52.7 Å². The molecular formula is C21H21N5O5S. The number of hydrogen-bond acceptors (Lipinski definition) is 10. The lowest BCUT2D eigenvalue weighted by Crippen LogP contribution is -2.37. The van der Waals surface area contributed by atoms with E-state index in [4.69, 9.17) is 9.47 Å². The number of nitro groups is 1. The Bertz CT molecular complexity index is 1080. The Hall–Kier alpha value is -3.60. The Balaban J connectivity index is 1.50. The largest absolute Gasteiger partial charge is 0.466 e. The van der Waals surface area contributed by atoms with Crippen LogP contribution in [0.3, 0.4) is 0 Å². The first kappa shape index (κ1) is 21.6. The Kier molecular flexibility index (Phi) is 6.55. The molecule has 11 heteroatoms. The topological polar surface area (TPSA) is 121 Å². The predicted molar refractivity (Wildman–Crippen MR) is 118 cm³/mol. The summed E-state index contributed by atoms with van der Waals surface area (Å²) < 4.78 is 14.8. The fourth-order valence-corrected chi connectivity index (χ4v) is 4.06. The molecule has 0 spiro atoms. The number of carbonyl (C=O) groups is 1. The summed E-state index contributed by atoms with van der Waals surface area (Å²) in [5.74, 6) is 0.633. The number of benzene rings is 1.